The number of hydrogen-bond donors (Lipinski definition) is 2. The minimum Gasteiger partial charge on any atom is -0.466 e. The third kappa shape index (κ3) is 2.79. The molecule has 0 aromatic heterocycles. The van der Waals surface area contributed by atoms with Crippen LogP contribution >= 0.6 is 23.2 Å². The number of nitrogens with two attached hydrogens (primary N) is 1. The van der Waals surface area contributed by atoms with Gasteiger partial charge >= 0.3 is 5.97 Å². The predicted molar refractivity (Wildman–Crippen MR) is 125 cm³/mol. The summed E-state index contributed by atoms with van der Waals surface area (Å²) < 4.78 is 5.09. The van der Waals surface area contributed by atoms with Crippen molar-refractivity contribution in [2.24, 2.45) is 5.73 Å². The van der Waals surface area contributed by atoms with Crippen molar-refractivity contribution in [2.75, 3.05) is 17.3 Å². The van der Waals surface area contributed by atoms with Crippen molar-refractivity contribution in [3.8, 4) is 0 Å². The smallest absolute Gasteiger partial charge is 0.339 e. The molecule has 1 amide bonds. The molecule has 0 saturated heterocycles. The lowest BCUT2D eigenvalue weighted by Crippen LogP contribution is -2.53. The fourth-order valence-corrected chi connectivity index (χ4v) is 5.48. The molecule has 7 nitrogen and oxygen atoms in total. The number of anilines is 2. The van der Waals surface area contributed by atoms with Crippen LogP contribution in [-0.2, 0) is 24.5 Å². The number of ketones is 1. The predicted octanol–water partition coefficient (Wildman–Crippen LogP) is 4.05. The normalized spacial score (nSPS) is 21.8. The summed E-state index contributed by atoms with van der Waals surface area (Å²) in [5.74, 6) is -1.61. The number of carbonyl (C=O) groups is 3. The molecule has 33 heavy (non-hydrogen) atoms. The van der Waals surface area contributed by atoms with Crippen molar-refractivity contribution in [2.45, 2.75) is 24.7 Å². The number of benzene rings is 2. The van der Waals surface area contributed by atoms with Crippen molar-refractivity contribution in [3.63, 3.8) is 0 Å². The third-order valence-corrected chi connectivity index (χ3v) is 7.19. The molecule has 0 bridgehead atoms. The quantitative estimate of drug-likeness (QED) is 0.624. The van der Waals surface area contributed by atoms with Gasteiger partial charge in [0.05, 0.1) is 22.8 Å². The minimum absolute atomic E-state index is 0.0358. The molecule has 2 aliphatic heterocycles. The second kappa shape index (κ2) is 7.64. The molecule has 1 spiro atoms. The van der Waals surface area contributed by atoms with E-state index in [4.69, 9.17) is 33.7 Å². The first-order valence-corrected chi connectivity index (χ1v) is 11.1. The van der Waals surface area contributed by atoms with E-state index in [2.05, 4.69) is 5.32 Å². The Labute approximate surface area is 199 Å². The van der Waals surface area contributed by atoms with E-state index < -0.39 is 17.3 Å². The van der Waals surface area contributed by atoms with Gasteiger partial charge in [-0.25, -0.2) is 4.79 Å². The zero-order chi connectivity index (χ0) is 23.5. The van der Waals surface area contributed by atoms with Crippen LogP contribution in [0, 0.1) is 0 Å². The summed E-state index contributed by atoms with van der Waals surface area (Å²) in [5, 5.41) is 3.33. The summed E-state index contributed by atoms with van der Waals surface area (Å²) in [5.41, 5.74) is 6.94. The Kier molecular flexibility index (Phi) is 4.99. The highest BCUT2D eigenvalue weighted by Crippen LogP contribution is 2.56. The Morgan fingerprint density at radius 2 is 1.88 bits per heavy atom. The van der Waals surface area contributed by atoms with E-state index in [1.54, 1.807) is 47.4 Å². The number of ether oxygens (including phenoxy) is 1. The number of amides is 1. The Morgan fingerprint density at radius 3 is 2.64 bits per heavy atom. The van der Waals surface area contributed by atoms with Crippen LogP contribution in [0.5, 0.6) is 0 Å². The SMILES string of the molecule is COC(=O)C1=C(N)N(c2cccc(Cl)c2Cl)C2=C(C(=O)CCC2)C12C(=O)Nc1ccccc12. The van der Waals surface area contributed by atoms with Gasteiger partial charge in [-0.3, -0.25) is 14.5 Å². The molecule has 0 radical (unpaired) electrons. The topological polar surface area (TPSA) is 102 Å². The summed E-state index contributed by atoms with van der Waals surface area (Å²) in [6.07, 6.45) is 1.25. The van der Waals surface area contributed by atoms with E-state index in [9.17, 15) is 14.4 Å². The molecular formula is C24H19Cl2N3O4. The highest BCUT2D eigenvalue weighted by molar-refractivity contribution is 6.43. The lowest BCUT2D eigenvalue weighted by Gasteiger charge is -2.44. The molecule has 1 atom stereocenters. The summed E-state index contributed by atoms with van der Waals surface area (Å²) >= 11 is 12.8. The van der Waals surface area contributed by atoms with Gasteiger partial charge < -0.3 is 15.8 Å². The highest BCUT2D eigenvalue weighted by Gasteiger charge is 2.61. The Bertz CT molecular complexity index is 1320. The van der Waals surface area contributed by atoms with Gasteiger partial charge in [0.2, 0.25) is 5.91 Å². The van der Waals surface area contributed by atoms with Crippen LogP contribution < -0.4 is 16.0 Å². The maximum Gasteiger partial charge on any atom is 0.339 e. The second-order valence-electron chi connectivity index (χ2n) is 8.01. The number of nitrogens with zero attached hydrogens (tertiary/aromatic N) is 1. The first-order valence-electron chi connectivity index (χ1n) is 10.3. The van der Waals surface area contributed by atoms with Crippen molar-refractivity contribution >= 4 is 52.2 Å². The molecule has 0 fully saturated rings. The summed E-state index contributed by atoms with van der Waals surface area (Å²) in [4.78, 5) is 42.0. The van der Waals surface area contributed by atoms with Crippen LogP contribution in [0.15, 0.2) is 65.1 Å². The van der Waals surface area contributed by atoms with Crippen molar-refractivity contribution in [1.82, 2.24) is 0 Å². The number of methoxy groups -OCH3 is 1. The fraction of sp³-hybridized carbons (Fsp3) is 0.208. The lowest BCUT2D eigenvalue weighted by atomic mass is 9.63. The van der Waals surface area contributed by atoms with Crippen LogP contribution in [0.3, 0.4) is 0 Å². The molecule has 2 aromatic rings. The van der Waals surface area contributed by atoms with Gasteiger partial charge in [-0.05, 0) is 31.0 Å². The molecule has 9 heteroatoms. The highest BCUT2D eigenvalue weighted by atomic mass is 35.5. The molecule has 1 aliphatic carbocycles. The minimum atomic E-state index is -1.72. The van der Waals surface area contributed by atoms with Gasteiger partial charge in [0, 0.05) is 28.9 Å². The van der Waals surface area contributed by atoms with E-state index in [0.717, 1.165) is 0 Å². The molecule has 3 N–H and O–H groups in total. The number of Topliss-reactive ketones (excluding diaryl/α,β-unsaturated/α-hetero) is 1. The average Bonchev–Trinajstić information content (AvgIpc) is 3.08. The zero-order valence-corrected chi connectivity index (χ0v) is 19.1. The first-order chi connectivity index (χ1) is 15.8. The van der Waals surface area contributed by atoms with Gasteiger partial charge in [-0.15, -0.1) is 0 Å². The zero-order valence-electron chi connectivity index (χ0n) is 17.6. The van der Waals surface area contributed by atoms with E-state index >= 15 is 0 Å². The van der Waals surface area contributed by atoms with Gasteiger partial charge in [0.15, 0.2) is 5.78 Å². The molecule has 0 saturated carbocycles. The molecule has 2 heterocycles. The molecule has 168 valence electrons. The lowest BCUT2D eigenvalue weighted by molar-refractivity contribution is -0.138. The molecule has 1 unspecified atom stereocenters. The molecule has 5 rings (SSSR count). The molecule has 2 aromatic carbocycles. The van der Waals surface area contributed by atoms with Crippen molar-refractivity contribution in [1.29, 1.82) is 0 Å². The number of hydrogen-bond acceptors (Lipinski definition) is 6. The number of para-hydroxylation sites is 1. The number of allylic oxidation sites excluding steroid dienone is 1. The van der Waals surface area contributed by atoms with Crippen LogP contribution in [0.2, 0.25) is 10.0 Å². The standard InChI is InChI=1S/C24H19Cl2N3O4/c1-33-22(31)19-21(27)29(16-10-4-7-13(25)20(16)26)15-9-5-11-17(30)18(15)24(19)12-6-2-3-8-14(12)28-23(24)32/h2-4,6-8,10H,5,9,11,27H2,1H3,(H,28,32). The second-order valence-corrected chi connectivity index (χ2v) is 8.79. The van der Waals surface area contributed by atoms with Crippen LogP contribution in [0.25, 0.3) is 0 Å². The van der Waals surface area contributed by atoms with E-state index in [-0.39, 0.29) is 39.2 Å². The Morgan fingerprint density at radius 1 is 1.12 bits per heavy atom. The van der Waals surface area contributed by atoms with Crippen LogP contribution in [-0.4, -0.2) is 24.8 Å². The largest absolute Gasteiger partial charge is 0.466 e. The number of nitrogens with one attached hydrogen (secondary N) is 1. The number of esters is 1. The first kappa shape index (κ1) is 21.6. The summed E-state index contributed by atoms with van der Waals surface area (Å²) in [7, 11) is 1.21. The van der Waals surface area contributed by atoms with E-state index in [1.165, 1.54) is 7.11 Å². The number of halogens is 2. The maximum absolute atomic E-state index is 13.7. The fourth-order valence-electron chi connectivity index (χ4n) is 5.10. The third-order valence-electron chi connectivity index (χ3n) is 6.38. The monoisotopic (exact) mass is 483 g/mol. The van der Waals surface area contributed by atoms with Crippen LogP contribution in [0.1, 0.15) is 24.8 Å². The molecule has 3 aliphatic rings. The number of carbonyl (C=O) groups excluding carboxylic acids is 3. The summed E-state index contributed by atoms with van der Waals surface area (Å²) in [6, 6.07) is 12.0. The van der Waals surface area contributed by atoms with Crippen molar-refractivity contribution in [3.05, 3.63) is 80.7 Å². The van der Waals surface area contributed by atoms with Gasteiger partial charge in [-0.1, -0.05) is 47.5 Å². The van der Waals surface area contributed by atoms with Crippen molar-refractivity contribution < 1.29 is 19.1 Å². The van der Waals surface area contributed by atoms with Gasteiger partial charge in [-0.2, -0.15) is 0 Å². The van der Waals surface area contributed by atoms with Gasteiger partial charge in [0.1, 0.15) is 16.8 Å². The Balaban J connectivity index is 1.93. The number of rotatable bonds is 2. The number of fused-ring (bicyclic) bond motifs is 3. The maximum atomic E-state index is 13.7. The van der Waals surface area contributed by atoms with Gasteiger partial charge in [0.25, 0.3) is 0 Å². The molecular weight excluding hydrogens is 465 g/mol. The summed E-state index contributed by atoms with van der Waals surface area (Å²) in [6.45, 7) is 0. The van der Waals surface area contributed by atoms with E-state index in [1.807, 2.05) is 0 Å². The van der Waals surface area contributed by atoms with Crippen LogP contribution in [0.4, 0.5) is 11.4 Å². The van der Waals surface area contributed by atoms with E-state index in [0.29, 0.717) is 35.5 Å². The Hall–Kier alpha value is -3.29. The average molecular weight is 484 g/mol.